The highest BCUT2D eigenvalue weighted by molar-refractivity contribution is 9.10. The number of hydrogen-bond donors (Lipinski definition) is 2. The van der Waals surface area contributed by atoms with Gasteiger partial charge in [-0.15, -0.1) is 0 Å². The summed E-state index contributed by atoms with van der Waals surface area (Å²) in [4.78, 5) is 4.11. The summed E-state index contributed by atoms with van der Waals surface area (Å²) >= 11 is 3.28. The molecule has 2 rings (SSSR count). The van der Waals surface area contributed by atoms with Crippen molar-refractivity contribution in [2.75, 3.05) is 6.54 Å². The summed E-state index contributed by atoms with van der Waals surface area (Å²) in [7, 11) is 0. The Bertz CT molecular complexity index is 528. The zero-order chi connectivity index (χ0) is 13.0. The first-order valence-corrected chi connectivity index (χ1v) is 6.42. The molecule has 2 N–H and O–H groups in total. The van der Waals surface area contributed by atoms with Gasteiger partial charge in [-0.25, -0.2) is 0 Å². The molecule has 0 radical (unpaired) electrons. The third-order valence-corrected chi connectivity index (χ3v) is 3.12. The Hall–Kier alpha value is -1.40. The van der Waals surface area contributed by atoms with Crippen molar-refractivity contribution in [1.82, 2.24) is 15.5 Å². The minimum absolute atomic E-state index is 0.278. The van der Waals surface area contributed by atoms with Crippen molar-refractivity contribution in [3.8, 4) is 5.75 Å². The number of phenols is 1. The lowest BCUT2D eigenvalue weighted by atomic mass is 10.2. The fourth-order valence-corrected chi connectivity index (χ4v) is 1.98. The average Bonchev–Trinajstić information content (AvgIpc) is 2.76. The third kappa shape index (κ3) is 3.30. The molecule has 0 spiro atoms. The first-order chi connectivity index (χ1) is 8.66. The predicted molar refractivity (Wildman–Crippen MR) is 70.3 cm³/mol. The van der Waals surface area contributed by atoms with Crippen LogP contribution >= 0.6 is 15.9 Å². The molecule has 1 heterocycles. The van der Waals surface area contributed by atoms with Gasteiger partial charge < -0.3 is 14.9 Å². The largest absolute Gasteiger partial charge is 0.506 e. The number of benzene rings is 1. The summed E-state index contributed by atoms with van der Waals surface area (Å²) < 4.78 is 5.58. The highest BCUT2D eigenvalue weighted by Gasteiger charge is 2.05. The highest BCUT2D eigenvalue weighted by atomic mass is 79.9. The number of hydrogen-bond acceptors (Lipinski definition) is 5. The van der Waals surface area contributed by atoms with Gasteiger partial charge in [0.1, 0.15) is 5.75 Å². The van der Waals surface area contributed by atoms with Crippen molar-refractivity contribution < 1.29 is 9.63 Å². The van der Waals surface area contributed by atoms with Crippen molar-refractivity contribution in [1.29, 1.82) is 0 Å². The summed E-state index contributed by atoms with van der Waals surface area (Å²) in [5, 5.41) is 16.8. The normalized spacial score (nSPS) is 10.8. The van der Waals surface area contributed by atoms with Gasteiger partial charge in [0.05, 0.1) is 4.47 Å². The van der Waals surface area contributed by atoms with E-state index < -0.39 is 0 Å². The van der Waals surface area contributed by atoms with Gasteiger partial charge >= 0.3 is 0 Å². The van der Waals surface area contributed by atoms with Gasteiger partial charge in [0.25, 0.3) is 0 Å². The van der Waals surface area contributed by atoms with Crippen molar-refractivity contribution in [2.45, 2.75) is 19.9 Å². The maximum Gasteiger partial charge on any atom is 0.223 e. The fraction of sp³-hybridized carbons (Fsp3) is 0.333. The molecule has 6 heteroatoms. The number of halogens is 1. The van der Waals surface area contributed by atoms with Crippen molar-refractivity contribution in [2.24, 2.45) is 0 Å². The average molecular weight is 312 g/mol. The van der Waals surface area contributed by atoms with Gasteiger partial charge in [0.2, 0.25) is 5.89 Å². The molecular weight excluding hydrogens is 298 g/mol. The Morgan fingerprint density at radius 1 is 1.44 bits per heavy atom. The van der Waals surface area contributed by atoms with Crippen LogP contribution < -0.4 is 5.32 Å². The number of aryl methyl sites for hydroxylation is 1. The van der Waals surface area contributed by atoms with Crippen LogP contribution in [0.25, 0.3) is 0 Å². The Balaban J connectivity index is 1.80. The quantitative estimate of drug-likeness (QED) is 0.828. The van der Waals surface area contributed by atoms with Crippen LogP contribution in [0.2, 0.25) is 0 Å². The van der Waals surface area contributed by atoms with Gasteiger partial charge in [-0.1, -0.05) is 17.3 Å². The lowest BCUT2D eigenvalue weighted by Gasteiger charge is -2.06. The molecule has 0 aliphatic heterocycles. The van der Waals surface area contributed by atoms with Gasteiger partial charge in [-0.05, 0) is 22.0 Å². The number of aromatic nitrogens is 2. The van der Waals surface area contributed by atoms with Crippen LogP contribution in [0.15, 0.2) is 27.2 Å². The third-order valence-electron chi connectivity index (χ3n) is 2.48. The van der Waals surface area contributed by atoms with Crippen LogP contribution in [-0.2, 0) is 13.0 Å². The minimum Gasteiger partial charge on any atom is -0.506 e. The molecule has 1 aromatic heterocycles. The molecule has 18 heavy (non-hydrogen) atoms. The molecule has 0 aliphatic carbocycles. The SMILES string of the molecule is Cc1nc(CCNCc2cccc(Br)c2O)no1. The van der Waals surface area contributed by atoms with E-state index in [1.807, 2.05) is 12.1 Å². The number of nitrogens with one attached hydrogen (secondary N) is 1. The van der Waals surface area contributed by atoms with E-state index in [1.54, 1.807) is 13.0 Å². The molecule has 0 aliphatic rings. The summed E-state index contributed by atoms with van der Waals surface area (Å²) in [5.74, 6) is 1.55. The van der Waals surface area contributed by atoms with E-state index in [4.69, 9.17) is 4.52 Å². The zero-order valence-electron chi connectivity index (χ0n) is 9.98. The van der Waals surface area contributed by atoms with E-state index in [1.165, 1.54) is 0 Å². The topological polar surface area (TPSA) is 71.2 Å². The van der Waals surface area contributed by atoms with Crippen LogP contribution in [0.3, 0.4) is 0 Å². The summed E-state index contributed by atoms with van der Waals surface area (Å²) in [6.07, 6.45) is 0.701. The maximum atomic E-state index is 9.79. The molecule has 5 nitrogen and oxygen atoms in total. The first-order valence-electron chi connectivity index (χ1n) is 5.63. The van der Waals surface area contributed by atoms with Gasteiger partial charge in [-0.3, -0.25) is 0 Å². The van der Waals surface area contributed by atoms with Crippen molar-refractivity contribution >= 4 is 15.9 Å². The van der Waals surface area contributed by atoms with Gasteiger partial charge in [0, 0.05) is 32.0 Å². The number of rotatable bonds is 5. The second-order valence-corrected chi connectivity index (χ2v) is 4.76. The van der Waals surface area contributed by atoms with E-state index in [9.17, 15) is 5.11 Å². The predicted octanol–water partition coefficient (Wildman–Crippen LogP) is 2.18. The number of aromatic hydroxyl groups is 1. The lowest BCUT2D eigenvalue weighted by Crippen LogP contribution is -2.17. The maximum absolute atomic E-state index is 9.79. The molecule has 2 aromatic rings. The van der Waals surface area contributed by atoms with E-state index >= 15 is 0 Å². The second-order valence-electron chi connectivity index (χ2n) is 3.90. The minimum atomic E-state index is 0.278. The Morgan fingerprint density at radius 3 is 3.00 bits per heavy atom. The molecule has 96 valence electrons. The standard InChI is InChI=1S/C12H14BrN3O2/c1-8-15-11(16-18-8)5-6-14-7-9-3-2-4-10(13)12(9)17/h2-4,14,17H,5-7H2,1H3. The number of para-hydroxylation sites is 1. The fourth-order valence-electron chi connectivity index (χ4n) is 1.57. The molecule has 0 unspecified atom stereocenters. The molecule has 0 saturated heterocycles. The van der Waals surface area contributed by atoms with E-state index in [0.29, 0.717) is 29.2 Å². The van der Waals surface area contributed by atoms with Gasteiger partial charge in [0.15, 0.2) is 5.82 Å². The van der Waals surface area contributed by atoms with E-state index in [0.717, 1.165) is 12.1 Å². The second kappa shape index (κ2) is 5.97. The summed E-state index contributed by atoms with van der Waals surface area (Å²) in [6.45, 7) is 3.09. The first kappa shape index (κ1) is 13.0. The van der Waals surface area contributed by atoms with Crippen LogP contribution in [-0.4, -0.2) is 21.8 Å². The zero-order valence-corrected chi connectivity index (χ0v) is 11.6. The Morgan fingerprint density at radius 2 is 2.28 bits per heavy atom. The molecule has 0 amide bonds. The van der Waals surface area contributed by atoms with Crippen molar-refractivity contribution in [3.05, 3.63) is 40.0 Å². The van der Waals surface area contributed by atoms with E-state index in [2.05, 4.69) is 31.4 Å². The van der Waals surface area contributed by atoms with Crippen LogP contribution in [0, 0.1) is 6.92 Å². The summed E-state index contributed by atoms with van der Waals surface area (Å²) in [5.41, 5.74) is 0.855. The lowest BCUT2D eigenvalue weighted by molar-refractivity contribution is 0.387. The monoisotopic (exact) mass is 311 g/mol. The van der Waals surface area contributed by atoms with Gasteiger partial charge in [-0.2, -0.15) is 4.98 Å². The molecule has 0 saturated carbocycles. The van der Waals surface area contributed by atoms with E-state index in [-0.39, 0.29) is 5.75 Å². The Labute approximate surface area is 113 Å². The summed E-state index contributed by atoms with van der Waals surface area (Å²) in [6, 6.07) is 5.58. The van der Waals surface area contributed by atoms with Crippen LogP contribution in [0.5, 0.6) is 5.75 Å². The smallest absolute Gasteiger partial charge is 0.223 e. The van der Waals surface area contributed by atoms with Crippen LogP contribution in [0.1, 0.15) is 17.3 Å². The van der Waals surface area contributed by atoms with Crippen molar-refractivity contribution in [3.63, 3.8) is 0 Å². The highest BCUT2D eigenvalue weighted by Crippen LogP contribution is 2.27. The molecule has 0 fully saturated rings. The number of nitrogens with zero attached hydrogens (tertiary/aromatic N) is 2. The Kier molecular flexibility index (Phi) is 4.33. The molecule has 0 atom stereocenters. The molecule has 0 bridgehead atoms. The number of phenolic OH excluding ortho intramolecular Hbond substituents is 1. The molecular formula is C12H14BrN3O2. The van der Waals surface area contributed by atoms with Crippen LogP contribution in [0.4, 0.5) is 0 Å². The molecule has 1 aromatic carbocycles.